The van der Waals surface area contributed by atoms with E-state index in [0.29, 0.717) is 12.5 Å². The number of ether oxygens (including phenoxy) is 1. The van der Waals surface area contributed by atoms with Gasteiger partial charge in [-0.05, 0) is 32.1 Å². The molecule has 15 heavy (non-hydrogen) atoms. The largest absolute Gasteiger partial charge is 0.466 e. The van der Waals surface area contributed by atoms with Crippen LogP contribution in [-0.2, 0) is 9.53 Å². The molecule has 84 valence electrons. The highest BCUT2D eigenvalue weighted by atomic mass is 16.5. The zero-order valence-electron chi connectivity index (χ0n) is 9.71. The van der Waals surface area contributed by atoms with E-state index in [9.17, 15) is 4.79 Å². The zero-order chi connectivity index (χ0) is 11.3. The van der Waals surface area contributed by atoms with Crippen molar-refractivity contribution in [1.82, 2.24) is 0 Å². The third-order valence-electron chi connectivity index (χ3n) is 2.94. The van der Waals surface area contributed by atoms with Gasteiger partial charge in [-0.15, -0.1) is 0 Å². The molecule has 0 saturated carbocycles. The normalized spacial score (nSPS) is 20.7. The lowest BCUT2D eigenvalue weighted by Gasteiger charge is -2.22. The molecule has 0 aromatic rings. The lowest BCUT2D eigenvalue weighted by Crippen LogP contribution is -2.10. The fraction of sp³-hybridized carbons (Fsp3) is 0.615. The van der Waals surface area contributed by atoms with Gasteiger partial charge in [-0.3, -0.25) is 4.79 Å². The zero-order valence-corrected chi connectivity index (χ0v) is 9.71. The van der Waals surface area contributed by atoms with Gasteiger partial charge in [0.25, 0.3) is 0 Å². The van der Waals surface area contributed by atoms with Crippen LogP contribution in [0.1, 0.15) is 39.5 Å². The van der Waals surface area contributed by atoms with Gasteiger partial charge >= 0.3 is 5.97 Å². The molecule has 0 aliphatic heterocycles. The van der Waals surface area contributed by atoms with Gasteiger partial charge in [-0.2, -0.15) is 0 Å². The van der Waals surface area contributed by atoms with Crippen LogP contribution in [-0.4, -0.2) is 12.6 Å². The predicted octanol–water partition coefficient (Wildman–Crippen LogP) is 3.24. The number of esters is 1. The first kappa shape index (κ1) is 12.0. The maximum atomic E-state index is 10.6. The highest BCUT2D eigenvalue weighted by molar-refractivity contribution is 5.65. The second-order valence-electron chi connectivity index (χ2n) is 4.27. The molecule has 0 radical (unpaired) electrons. The molecule has 0 N–H and O–H groups in total. The van der Waals surface area contributed by atoms with Crippen molar-refractivity contribution in [3.8, 4) is 0 Å². The summed E-state index contributed by atoms with van der Waals surface area (Å²) < 4.78 is 4.91. The Hall–Kier alpha value is -1.05. The van der Waals surface area contributed by atoms with Crippen molar-refractivity contribution in [1.29, 1.82) is 0 Å². The molecule has 1 atom stereocenters. The molecular weight excluding hydrogens is 188 g/mol. The van der Waals surface area contributed by atoms with Crippen LogP contribution in [0.2, 0.25) is 0 Å². The van der Waals surface area contributed by atoms with E-state index in [1.807, 2.05) is 0 Å². The van der Waals surface area contributed by atoms with Crippen molar-refractivity contribution >= 4 is 5.97 Å². The predicted molar refractivity (Wildman–Crippen MR) is 61.5 cm³/mol. The van der Waals surface area contributed by atoms with Crippen LogP contribution in [0.25, 0.3) is 0 Å². The smallest absolute Gasteiger partial charge is 0.302 e. The molecule has 0 amide bonds. The quantitative estimate of drug-likeness (QED) is 0.523. The van der Waals surface area contributed by atoms with Crippen LogP contribution in [0, 0.1) is 5.92 Å². The lowest BCUT2D eigenvalue weighted by atomic mass is 9.84. The molecule has 2 heteroatoms. The van der Waals surface area contributed by atoms with Gasteiger partial charge in [0.1, 0.15) is 0 Å². The second kappa shape index (κ2) is 5.74. The Morgan fingerprint density at radius 1 is 1.67 bits per heavy atom. The Labute approximate surface area is 92.0 Å². The van der Waals surface area contributed by atoms with Crippen LogP contribution in [0.5, 0.6) is 0 Å². The van der Waals surface area contributed by atoms with Crippen LogP contribution in [0.15, 0.2) is 23.8 Å². The van der Waals surface area contributed by atoms with E-state index in [2.05, 4.69) is 19.6 Å². The van der Waals surface area contributed by atoms with Crippen molar-refractivity contribution in [3.63, 3.8) is 0 Å². The number of hydrogen-bond acceptors (Lipinski definition) is 2. The molecule has 1 aliphatic rings. The van der Waals surface area contributed by atoms with Gasteiger partial charge in [0.15, 0.2) is 0 Å². The summed E-state index contributed by atoms with van der Waals surface area (Å²) in [5, 5.41) is 0. The van der Waals surface area contributed by atoms with E-state index >= 15 is 0 Å². The highest BCUT2D eigenvalue weighted by Gasteiger charge is 2.15. The Morgan fingerprint density at radius 3 is 2.93 bits per heavy atom. The summed E-state index contributed by atoms with van der Waals surface area (Å²) in [5.74, 6) is 0.381. The van der Waals surface area contributed by atoms with Gasteiger partial charge in [-0.1, -0.05) is 23.8 Å². The van der Waals surface area contributed by atoms with Crippen LogP contribution >= 0.6 is 0 Å². The number of carbonyl (C=O) groups excluding carboxylic acids is 1. The molecule has 0 bridgehead atoms. The van der Waals surface area contributed by atoms with Gasteiger partial charge < -0.3 is 4.74 Å². The number of allylic oxidation sites excluding steroid dienone is 2. The molecule has 1 aliphatic carbocycles. The van der Waals surface area contributed by atoms with Crippen molar-refractivity contribution in [2.75, 3.05) is 6.61 Å². The minimum atomic E-state index is -0.206. The third-order valence-corrected chi connectivity index (χ3v) is 2.94. The fourth-order valence-corrected chi connectivity index (χ4v) is 1.87. The lowest BCUT2D eigenvalue weighted by molar-refractivity contribution is -0.140. The van der Waals surface area contributed by atoms with Gasteiger partial charge in [0.05, 0.1) is 6.61 Å². The average Bonchev–Trinajstić information content (AvgIpc) is 2.18. The molecule has 0 heterocycles. The Bertz CT molecular complexity index is 276. The molecule has 0 aromatic heterocycles. The maximum absolute atomic E-state index is 10.6. The molecule has 0 aromatic carbocycles. The molecule has 0 fully saturated rings. The van der Waals surface area contributed by atoms with Crippen molar-refractivity contribution in [2.45, 2.75) is 39.5 Å². The Balaban J connectivity index is 2.26. The molecule has 0 unspecified atom stereocenters. The summed E-state index contributed by atoms with van der Waals surface area (Å²) in [4.78, 5) is 10.6. The first-order valence-corrected chi connectivity index (χ1v) is 5.56. The first-order chi connectivity index (χ1) is 7.09. The summed E-state index contributed by atoms with van der Waals surface area (Å²) in [7, 11) is 0. The standard InChI is InChI=1S/C13H20O2/c1-10-4-6-13(7-5-10)11(2)8-9-15-12(3)14/h4,13H,2,5-9H2,1,3H3/t13-/m0/s1. The van der Waals surface area contributed by atoms with E-state index in [1.165, 1.54) is 30.9 Å². The second-order valence-corrected chi connectivity index (χ2v) is 4.27. The third kappa shape index (κ3) is 4.32. The molecule has 0 spiro atoms. The summed E-state index contributed by atoms with van der Waals surface area (Å²) in [6.45, 7) is 8.18. The summed E-state index contributed by atoms with van der Waals surface area (Å²) in [5.41, 5.74) is 2.71. The molecule has 0 saturated heterocycles. The van der Waals surface area contributed by atoms with Crippen LogP contribution in [0.3, 0.4) is 0 Å². The SMILES string of the molecule is C=C(CCOC(C)=O)[C@H]1CC=C(C)CC1. The highest BCUT2D eigenvalue weighted by Crippen LogP contribution is 2.29. The van der Waals surface area contributed by atoms with Crippen molar-refractivity contribution in [3.05, 3.63) is 23.8 Å². The van der Waals surface area contributed by atoms with E-state index in [-0.39, 0.29) is 5.97 Å². The van der Waals surface area contributed by atoms with E-state index in [1.54, 1.807) is 0 Å². The van der Waals surface area contributed by atoms with Crippen molar-refractivity contribution < 1.29 is 9.53 Å². The van der Waals surface area contributed by atoms with Gasteiger partial charge in [0.2, 0.25) is 0 Å². The molecule has 1 rings (SSSR count). The number of hydrogen-bond donors (Lipinski definition) is 0. The van der Waals surface area contributed by atoms with E-state index in [0.717, 1.165) is 12.8 Å². The van der Waals surface area contributed by atoms with E-state index in [4.69, 9.17) is 4.74 Å². The number of carbonyl (C=O) groups is 1. The Morgan fingerprint density at radius 2 is 2.40 bits per heavy atom. The van der Waals surface area contributed by atoms with E-state index < -0.39 is 0 Å². The topological polar surface area (TPSA) is 26.3 Å². The first-order valence-electron chi connectivity index (χ1n) is 5.56. The number of rotatable bonds is 4. The molecular formula is C13H20O2. The summed E-state index contributed by atoms with van der Waals surface area (Å²) >= 11 is 0. The minimum absolute atomic E-state index is 0.206. The average molecular weight is 208 g/mol. The van der Waals surface area contributed by atoms with Crippen LogP contribution in [0.4, 0.5) is 0 Å². The summed E-state index contributed by atoms with van der Waals surface area (Å²) in [6, 6.07) is 0. The monoisotopic (exact) mass is 208 g/mol. The fourth-order valence-electron chi connectivity index (χ4n) is 1.87. The van der Waals surface area contributed by atoms with Crippen molar-refractivity contribution in [2.24, 2.45) is 5.92 Å². The summed E-state index contributed by atoms with van der Waals surface area (Å²) in [6.07, 6.45) is 6.57. The molecule has 2 nitrogen and oxygen atoms in total. The van der Waals surface area contributed by atoms with Gasteiger partial charge in [-0.25, -0.2) is 0 Å². The van der Waals surface area contributed by atoms with Gasteiger partial charge in [0, 0.05) is 13.3 Å². The Kier molecular flexibility index (Phi) is 4.60. The maximum Gasteiger partial charge on any atom is 0.302 e. The minimum Gasteiger partial charge on any atom is -0.466 e. The van der Waals surface area contributed by atoms with Crippen LogP contribution < -0.4 is 0 Å².